The first-order chi connectivity index (χ1) is 6.20. The van der Waals surface area contributed by atoms with Gasteiger partial charge in [-0.05, 0) is 35.6 Å². The zero-order valence-electron chi connectivity index (χ0n) is 7.17. The van der Waals surface area contributed by atoms with E-state index in [1.54, 1.807) is 11.3 Å². The Morgan fingerprint density at radius 3 is 2.85 bits per heavy atom. The Kier molecular flexibility index (Phi) is 2.28. The van der Waals surface area contributed by atoms with Crippen LogP contribution in [-0.2, 0) is 6.61 Å². The molecule has 1 heterocycles. The van der Waals surface area contributed by atoms with Crippen molar-refractivity contribution in [1.82, 2.24) is 0 Å². The molecule has 2 aromatic rings. The molecule has 2 rings (SSSR count). The van der Waals surface area contributed by atoms with E-state index in [-0.39, 0.29) is 6.61 Å². The maximum atomic E-state index is 9.00. The third-order valence-corrected chi connectivity index (χ3v) is 3.43. The Morgan fingerprint density at radius 1 is 1.38 bits per heavy atom. The average Bonchev–Trinajstić information content (AvgIpc) is 2.46. The minimum Gasteiger partial charge on any atom is -0.392 e. The molecule has 0 spiro atoms. The van der Waals surface area contributed by atoms with E-state index in [1.165, 1.54) is 10.3 Å². The number of aliphatic hydroxyl groups excluding tert-OH is 1. The number of aryl methyl sites for hydroxylation is 1. The molecule has 3 heteroatoms. The smallest absolute Gasteiger partial charge is 0.0940 e. The Hall–Kier alpha value is -0.570. The minimum absolute atomic E-state index is 0.0875. The van der Waals surface area contributed by atoms with Crippen molar-refractivity contribution in [2.24, 2.45) is 0 Å². The zero-order chi connectivity index (χ0) is 9.42. The van der Waals surface area contributed by atoms with Crippen LogP contribution in [0, 0.1) is 6.92 Å². The molecule has 1 N–H and O–H groups in total. The quantitative estimate of drug-likeness (QED) is 0.769. The summed E-state index contributed by atoms with van der Waals surface area (Å²) in [5, 5.41) is 10.1. The standard InChI is InChI=1S/C10H9ClOS/c1-6-2-7(5-12)3-8-4-9(11)13-10(6)8/h2-4,12H,5H2,1H3. The molecule has 0 aliphatic heterocycles. The summed E-state index contributed by atoms with van der Waals surface area (Å²) in [4.78, 5) is 0. The van der Waals surface area contributed by atoms with Gasteiger partial charge in [-0.15, -0.1) is 11.3 Å². The predicted molar refractivity (Wildman–Crippen MR) is 57.5 cm³/mol. The number of fused-ring (bicyclic) bond motifs is 1. The molecule has 0 aliphatic carbocycles. The van der Waals surface area contributed by atoms with Gasteiger partial charge in [0.1, 0.15) is 0 Å². The van der Waals surface area contributed by atoms with Crippen molar-refractivity contribution < 1.29 is 5.11 Å². The first kappa shape index (κ1) is 9.00. The molecule has 1 nitrogen and oxygen atoms in total. The van der Waals surface area contributed by atoms with Crippen LogP contribution in [0.15, 0.2) is 18.2 Å². The number of halogens is 1. The summed E-state index contributed by atoms with van der Waals surface area (Å²) in [5.41, 5.74) is 2.12. The lowest BCUT2D eigenvalue weighted by Crippen LogP contribution is -1.83. The number of hydrogen-bond donors (Lipinski definition) is 1. The van der Waals surface area contributed by atoms with Crippen molar-refractivity contribution in [2.75, 3.05) is 0 Å². The number of hydrogen-bond acceptors (Lipinski definition) is 2. The minimum atomic E-state index is 0.0875. The molecular weight excluding hydrogens is 204 g/mol. The summed E-state index contributed by atoms with van der Waals surface area (Å²) in [6.07, 6.45) is 0. The van der Waals surface area contributed by atoms with Crippen LogP contribution in [-0.4, -0.2) is 5.11 Å². The van der Waals surface area contributed by atoms with Gasteiger partial charge in [0, 0.05) is 4.70 Å². The van der Waals surface area contributed by atoms with Gasteiger partial charge in [0.05, 0.1) is 10.9 Å². The highest BCUT2D eigenvalue weighted by Crippen LogP contribution is 2.32. The molecule has 0 saturated carbocycles. The molecule has 0 bridgehead atoms. The van der Waals surface area contributed by atoms with Gasteiger partial charge in [0.25, 0.3) is 0 Å². The van der Waals surface area contributed by atoms with Crippen molar-refractivity contribution in [3.05, 3.63) is 33.7 Å². The van der Waals surface area contributed by atoms with Gasteiger partial charge >= 0.3 is 0 Å². The van der Waals surface area contributed by atoms with Crippen LogP contribution in [0.1, 0.15) is 11.1 Å². The Balaban J connectivity index is 2.75. The second kappa shape index (κ2) is 3.29. The van der Waals surface area contributed by atoms with Crippen LogP contribution in [0.3, 0.4) is 0 Å². The fraction of sp³-hybridized carbons (Fsp3) is 0.200. The van der Waals surface area contributed by atoms with Crippen LogP contribution >= 0.6 is 22.9 Å². The maximum Gasteiger partial charge on any atom is 0.0940 e. The molecule has 13 heavy (non-hydrogen) atoms. The van der Waals surface area contributed by atoms with Crippen LogP contribution in [0.25, 0.3) is 10.1 Å². The molecule has 0 fully saturated rings. The largest absolute Gasteiger partial charge is 0.392 e. The lowest BCUT2D eigenvalue weighted by Gasteiger charge is -1.99. The van der Waals surface area contributed by atoms with Crippen molar-refractivity contribution in [3.8, 4) is 0 Å². The zero-order valence-corrected chi connectivity index (χ0v) is 8.75. The number of benzene rings is 1. The van der Waals surface area contributed by atoms with Crippen molar-refractivity contribution in [3.63, 3.8) is 0 Å². The Labute approximate surface area is 85.6 Å². The van der Waals surface area contributed by atoms with E-state index in [9.17, 15) is 0 Å². The lowest BCUT2D eigenvalue weighted by atomic mass is 10.1. The van der Waals surface area contributed by atoms with Gasteiger partial charge in [0.2, 0.25) is 0 Å². The average molecular weight is 213 g/mol. The first-order valence-corrected chi connectivity index (χ1v) is 5.19. The van der Waals surface area contributed by atoms with E-state index in [0.29, 0.717) is 0 Å². The fourth-order valence-electron chi connectivity index (χ4n) is 1.47. The number of rotatable bonds is 1. The topological polar surface area (TPSA) is 20.2 Å². The fourth-order valence-corrected chi connectivity index (χ4v) is 2.65. The van der Waals surface area contributed by atoms with Gasteiger partial charge in [0.15, 0.2) is 0 Å². The predicted octanol–water partition coefficient (Wildman–Crippen LogP) is 3.36. The first-order valence-electron chi connectivity index (χ1n) is 4.00. The highest BCUT2D eigenvalue weighted by molar-refractivity contribution is 7.22. The van der Waals surface area contributed by atoms with Crippen LogP contribution in [0.2, 0.25) is 4.34 Å². The van der Waals surface area contributed by atoms with Crippen LogP contribution < -0.4 is 0 Å². The molecule has 0 amide bonds. The number of thiophene rings is 1. The summed E-state index contributed by atoms with van der Waals surface area (Å²) < 4.78 is 2.01. The molecule has 1 aromatic carbocycles. The summed E-state index contributed by atoms with van der Waals surface area (Å²) in [6, 6.07) is 5.91. The molecular formula is C10H9ClOS. The Bertz CT molecular complexity index is 447. The molecule has 0 saturated heterocycles. The summed E-state index contributed by atoms with van der Waals surface area (Å²) >= 11 is 7.49. The summed E-state index contributed by atoms with van der Waals surface area (Å²) in [5.74, 6) is 0. The monoisotopic (exact) mass is 212 g/mol. The normalized spacial score (nSPS) is 11.0. The van der Waals surface area contributed by atoms with Gasteiger partial charge in [-0.1, -0.05) is 17.7 Å². The van der Waals surface area contributed by atoms with Crippen LogP contribution in [0.5, 0.6) is 0 Å². The molecule has 0 atom stereocenters. The highest BCUT2D eigenvalue weighted by Gasteiger charge is 2.04. The van der Waals surface area contributed by atoms with E-state index < -0.39 is 0 Å². The Morgan fingerprint density at radius 2 is 2.15 bits per heavy atom. The molecule has 1 aromatic heterocycles. The van der Waals surface area contributed by atoms with Gasteiger partial charge in [-0.3, -0.25) is 0 Å². The highest BCUT2D eigenvalue weighted by atomic mass is 35.5. The molecule has 0 unspecified atom stereocenters. The number of aliphatic hydroxyl groups is 1. The van der Waals surface area contributed by atoms with Crippen LogP contribution in [0.4, 0.5) is 0 Å². The summed E-state index contributed by atoms with van der Waals surface area (Å²) in [7, 11) is 0. The maximum absolute atomic E-state index is 9.00. The summed E-state index contributed by atoms with van der Waals surface area (Å²) in [6.45, 7) is 2.12. The van der Waals surface area contributed by atoms with Gasteiger partial charge in [-0.25, -0.2) is 0 Å². The third-order valence-electron chi connectivity index (χ3n) is 2.01. The van der Waals surface area contributed by atoms with E-state index in [2.05, 4.69) is 0 Å². The van der Waals surface area contributed by atoms with Crippen molar-refractivity contribution in [2.45, 2.75) is 13.5 Å². The van der Waals surface area contributed by atoms with Gasteiger partial charge in [-0.2, -0.15) is 0 Å². The molecule has 0 aliphatic rings. The van der Waals surface area contributed by atoms with E-state index >= 15 is 0 Å². The van der Waals surface area contributed by atoms with Crippen molar-refractivity contribution in [1.29, 1.82) is 0 Å². The van der Waals surface area contributed by atoms with E-state index in [1.807, 2.05) is 25.1 Å². The van der Waals surface area contributed by atoms with Crippen molar-refractivity contribution >= 4 is 33.0 Å². The molecule has 0 radical (unpaired) electrons. The second-order valence-electron chi connectivity index (χ2n) is 3.04. The van der Waals surface area contributed by atoms with E-state index in [0.717, 1.165) is 15.3 Å². The lowest BCUT2D eigenvalue weighted by molar-refractivity contribution is 0.282. The SMILES string of the molecule is Cc1cc(CO)cc2cc(Cl)sc12. The van der Waals surface area contributed by atoms with Gasteiger partial charge < -0.3 is 5.11 Å². The third kappa shape index (κ3) is 1.57. The van der Waals surface area contributed by atoms with E-state index in [4.69, 9.17) is 16.7 Å². The second-order valence-corrected chi connectivity index (χ2v) is 4.72. The molecule has 68 valence electrons.